The number of anilines is 1. The fraction of sp³-hybridized carbons (Fsp3) is 0.688. The number of piperidine rings is 1. The van der Waals surface area contributed by atoms with Gasteiger partial charge >= 0.3 is 0 Å². The highest BCUT2D eigenvalue weighted by molar-refractivity contribution is 5.46. The second-order valence-corrected chi connectivity index (χ2v) is 5.71. The second kappa shape index (κ2) is 6.90. The Morgan fingerprint density at radius 1 is 1.42 bits per heavy atom. The van der Waals surface area contributed by atoms with Crippen molar-refractivity contribution in [2.45, 2.75) is 46.1 Å². The number of nitrogens with zero attached hydrogens (tertiary/aromatic N) is 2. The van der Waals surface area contributed by atoms with Gasteiger partial charge in [0.25, 0.3) is 0 Å². The summed E-state index contributed by atoms with van der Waals surface area (Å²) in [6, 6.07) is 4.81. The maximum atomic E-state index is 4.53. The lowest BCUT2D eigenvalue weighted by molar-refractivity contribution is 0.311. The van der Waals surface area contributed by atoms with Crippen molar-refractivity contribution < 1.29 is 0 Å². The van der Waals surface area contributed by atoms with Gasteiger partial charge in [0, 0.05) is 25.3 Å². The normalized spacial score (nSPS) is 18.6. The number of aryl methyl sites for hydroxylation is 1. The molecule has 0 spiro atoms. The van der Waals surface area contributed by atoms with Crippen molar-refractivity contribution in [3.05, 3.63) is 23.9 Å². The van der Waals surface area contributed by atoms with E-state index in [1.807, 2.05) is 12.3 Å². The van der Waals surface area contributed by atoms with Crippen LogP contribution in [0.4, 0.5) is 5.82 Å². The van der Waals surface area contributed by atoms with Crippen molar-refractivity contribution in [1.82, 2.24) is 10.3 Å². The summed E-state index contributed by atoms with van der Waals surface area (Å²) in [5.41, 5.74) is 1.29. The number of nitrogens with one attached hydrogen (secondary N) is 1. The molecule has 1 N–H and O–H groups in total. The Balaban J connectivity index is 1.87. The quantitative estimate of drug-likeness (QED) is 0.883. The van der Waals surface area contributed by atoms with Crippen LogP contribution in [0.2, 0.25) is 0 Å². The van der Waals surface area contributed by atoms with Crippen molar-refractivity contribution in [1.29, 1.82) is 0 Å². The highest BCUT2D eigenvalue weighted by Crippen LogP contribution is 2.25. The van der Waals surface area contributed by atoms with Crippen LogP contribution in [-0.4, -0.2) is 30.7 Å². The summed E-state index contributed by atoms with van der Waals surface area (Å²) < 4.78 is 0. The zero-order chi connectivity index (χ0) is 13.7. The van der Waals surface area contributed by atoms with Gasteiger partial charge in [-0.05, 0) is 57.2 Å². The van der Waals surface area contributed by atoms with E-state index in [-0.39, 0.29) is 0 Å². The lowest BCUT2D eigenvalue weighted by Gasteiger charge is -2.36. The summed E-state index contributed by atoms with van der Waals surface area (Å²) in [6.07, 6.45) is 5.66. The van der Waals surface area contributed by atoms with Crippen LogP contribution in [0, 0.1) is 12.8 Å². The van der Waals surface area contributed by atoms with Gasteiger partial charge in [0.15, 0.2) is 0 Å². The molecule has 106 valence electrons. The molecular formula is C16H27N3. The molecule has 1 saturated heterocycles. The lowest BCUT2D eigenvalue weighted by Crippen LogP contribution is -2.42. The third-order valence-corrected chi connectivity index (χ3v) is 4.24. The molecule has 1 fully saturated rings. The SMILES string of the molecule is CCCNC(C)C1CCN(c2ncccc2C)CC1. The van der Waals surface area contributed by atoms with Gasteiger partial charge < -0.3 is 10.2 Å². The highest BCUT2D eigenvalue weighted by Gasteiger charge is 2.24. The summed E-state index contributed by atoms with van der Waals surface area (Å²) in [5.74, 6) is 1.99. The monoisotopic (exact) mass is 261 g/mol. The minimum atomic E-state index is 0.645. The molecule has 1 unspecified atom stereocenters. The molecule has 3 heteroatoms. The molecule has 1 atom stereocenters. The van der Waals surface area contributed by atoms with Gasteiger partial charge in [0.1, 0.15) is 5.82 Å². The topological polar surface area (TPSA) is 28.2 Å². The van der Waals surface area contributed by atoms with E-state index in [1.54, 1.807) is 0 Å². The van der Waals surface area contributed by atoms with Gasteiger partial charge in [0.05, 0.1) is 0 Å². The molecule has 0 bridgehead atoms. The molecule has 1 aliphatic heterocycles. The Bertz CT molecular complexity index is 383. The van der Waals surface area contributed by atoms with Crippen molar-refractivity contribution in [3.63, 3.8) is 0 Å². The van der Waals surface area contributed by atoms with Crippen molar-refractivity contribution in [2.24, 2.45) is 5.92 Å². The maximum absolute atomic E-state index is 4.53. The predicted molar refractivity (Wildman–Crippen MR) is 81.7 cm³/mol. The van der Waals surface area contributed by atoms with Gasteiger partial charge in [0.2, 0.25) is 0 Å². The summed E-state index contributed by atoms with van der Waals surface area (Å²) in [5, 5.41) is 3.63. The van der Waals surface area contributed by atoms with Gasteiger partial charge in [-0.2, -0.15) is 0 Å². The Morgan fingerprint density at radius 3 is 2.79 bits per heavy atom. The fourth-order valence-electron chi connectivity index (χ4n) is 2.96. The van der Waals surface area contributed by atoms with Crippen LogP contribution in [0.15, 0.2) is 18.3 Å². The van der Waals surface area contributed by atoms with Gasteiger partial charge in [-0.3, -0.25) is 0 Å². The summed E-state index contributed by atoms with van der Waals surface area (Å²) in [4.78, 5) is 6.97. The molecule has 0 aliphatic carbocycles. The van der Waals surface area contributed by atoms with E-state index in [0.717, 1.165) is 25.6 Å². The molecule has 1 aliphatic rings. The molecule has 2 heterocycles. The molecule has 1 aromatic rings. The van der Waals surface area contributed by atoms with Crippen LogP contribution < -0.4 is 10.2 Å². The Kier molecular flexibility index (Phi) is 5.20. The average Bonchev–Trinajstić information content (AvgIpc) is 2.45. The Morgan fingerprint density at radius 2 is 2.16 bits per heavy atom. The van der Waals surface area contributed by atoms with E-state index in [2.05, 4.69) is 42.0 Å². The zero-order valence-corrected chi connectivity index (χ0v) is 12.5. The average molecular weight is 261 g/mol. The van der Waals surface area contributed by atoms with E-state index < -0.39 is 0 Å². The highest BCUT2D eigenvalue weighted by atomic mass is 15.2. The van der Waals surface area contributed by atoms with E-state index in [9.17, 15) is 0 Å². The van der Waals surface area contributed by atoms with Gasteiger partial charge in [-0.1, -0.05) is 13.0 Å². The maximum Gasteiger partial charge on any atom is 0.131 e. The van der Waals surface area contributed by atoms with E-state index in [4.69, 9.17) is 0 Å². The first-order valence-corrected chi connectivity index (χ1v) is 7.62. The molecule has 0 aromatic carbocycles. The van der Waals surface area contributed by atoms with Crippen molar-refractivity contribution in [3.8, 4) is 0 Å². The molecule has 0 amide bonds. The molecular weight excluding hydrogens is 234 g/mol. The number of aromatic nitrogens is 1. The molecule has 19 heavy (non-hydrogen) atoms. The first-order chi connectivity index (χ1) is 9.22. The zero-order valence-electron chi connectivity index (χ0n) is 12.5. The van der Waals surface area contributed by atoms with E-state index >= 15 is 0 Å². The van der Waals surface area contributed by atoms with Crippen molar-refractivity contribution >= 4 is 5.82 Å². The van der Waals surface area contributed by atoms with Crippen LogP contribution in [0.25, 0.3) is 0 Å². The van der Waals surface area contributed by atoms with E-state index in [1.165, 1.54) is 30.6 Å². The Labute approximate surface area is 117 Å². The Hall–Kier alpha value is -1.09. The summed E-state index contributed by atoms with van der Waals surface area (Å²) >= 11 is 0. The van der Waals surface area contributed by atoms with Crippen LogP contribution in [0.5, 0.6) is 0 Å². The minimum Gasteiger partial charge on any atom is -0.356 e. The summed E-state index contributed by atoms with van der Waals surface area (Å²) in [6.45, 7) is 10.1. The van der Waals surface area contributed by atoms with Crippen LogP contribution in [0.3, 0.4) is 0 Å². The standard InChI is InChI=1S/C16H27N3/c1-4-9-17-14(3)15-7-11-19(12-8-15)16-13(2)6-5-10-18-16/h5-6,10,14-15,17H,4,7-9,11-12H2,1-3H3. The second-order valence-electron chi connectivity index (χ2n) is 5.71. The van der Waals surface area contributed by atoms with Crippen LogP contribution in [0.1, 0.15) is 38.7 Å². The third-order valence-electron chi connectivity index (χ3n) is 4.24. The van der Waals surface area contributed by atoms with Gasteiger partial charge in [-0.15, -0.1) is 0 Å². The predicted octanol–water partition coefficient (Wildman–Crippen LogP) is 2.99. The molecule has 0 saturated carbocycles. The summed E-state index contributed by atoms with van der Waals surface area (Å²) in [7, 11) is 0. The number of hydrogen-bond donors (Lipinski definition) is 1. The first-order valence-electron chi connectivity index (χ1n) is 7.62. The minimum absolute atomic E-state index is 0.645. The molecule has 2 rings (SSSR count). The number of hydrogen-bond acceptors (Lipinski definition) is 3. The molecule has 3 nitrogen and oxygen atoms in total. The van der Waals surface area contributed by atoms with E-state index in [0.29, 0.717) is 6.04 Å². The molecule has 1 aromatic heterocycles. The fourth-order valence-corrected chi connectivity index (χ4v) is 2.96. The van der Waals surface area contributed by atoms with Crippen LogP contribution >= 0.6 is 0 Å². The first kappa shape index (κ1) is 14.3. The van der Waals surface area contributed by atoms with Crippen LogP contribution in [-0.2, 0) is 0 Å². The van der Waals surface area contributed by atoms with Gasteiger partial charge in [-0.25, -0.2) is 4.98 Å². The smallest absolute Gasteiger partial charge is 0.131 e. The largest absolute Gasteiger partial charge is 0.356 e. The third kappa shape index (κ3) is 3.69. The lowest BCUT2D eigenvalue weighted by atomic mass is 9.90. The van der Waals surface area contributed by atoms with Crippen molar-refractivity contribution in [2.75, 3.05) is 24.5 Å². The molecule has 0 radical (unpaired) electrons. The number of pyridine rings is 1. The number of rotatable bonds is 5.